The summed E-state index contributed by atoms with van der Waals surface area (Å²) in [7, 11) is 0. The highest BCUT2D eigenvalue weighted by Crippen LogP contribution is 2.53. The zero-order valence-corrected chi connectivity index (χ0v) is 14.5. The van der Waals surface area contributed by atoms with Crippen molar-refractivity contribution in [3.8, 4) is 0 Å². The molecule has 2 unspecified atom stereocenters. The van der Waals surface area contributed by atoms with Crippen molar-refractivity contribution in [3.05, 3.63) is 24.3 Å². The van der Waals surface area contributed by atoms with Gasteiger partial charge in [-0.15, -0.1) is 6.58 Å². The standard InChI is InChI=1S/C20H31O2/c1-5-19(4,13-9-10-17(2)3)20(16-22,14-15-21)18-11-7-6-8-12-18/h5,10,15,18H,1,6-9,11-14H2,2-4H3. The summed E-state index contributed by atoms with van der Waals surface area (Å²) in [6.45, 7) is 10.3. The lowest BCUT2D eigenvalue weighted by atomic mass is 9.53. The fourth-order valence-electron chi connectivity index (χ4n) is 4.00. The van der Waals surface area contributed by atoms with Gasteiger partial charge in [-0.2, -0.15) is 0 Å². The van der Waals surface area contributed by atoms with Gasteiger partial charge in [0.15, 0.2) is 0 Å². The molecule has 1 saturated carbocycles. The highest BCUT2D eigenvalue weighted by atomic mass is 16.1. The lowest BCUT2D eigenvalue weighted by Gasteiger charge is -2.48. The van der Waals surface area contributed by atoms with Crippen LogP contribution in [0.4, 0.5) is 0 Å². The zero-order chi connectivity index (χ0) is 16.6. The van der Waals surface area contributed by atoms with E-state index in [0.717, 1.165) is 44.8 Å². The number of hydrogen-bond acceptors (Lipinski definition) is 2. The minimum absolute atomic E-state index is 0.249. The predicted octanol–water partition coefficient (Wildman–Crippen LogP) is 5.19. The average molecular weight is 303 g/mol. The van der Waals surface area contributed by atoms with E-state index in [1.54, 1.807) is 0 Å². The van der Waals surface area contributed by atoms with Gasteiger partial charge in [0.2, 0.25) is 6.29 Å². The number of carbonyl (C=O) groups excluding carboxylic acids is 2. The third-order valence-electron chi connectivity index (χ3n) is 5.58. The number of rotatable bonds is 9. The minimum Gasteiger partial charge on any atom is -0.303 e. The van der Waals surface area contributed by atoms with Crippen molar-refractivity contribution in [3.63, 3.8) is 0 Å². The molecule has 22 heavy (non-hydrogen) atoms. The second-order valence-corrected chi connectivity index (χ2v) is 7.22. The van der Waals surface area contributed by atoms with Gasteiger partial charge in [-0.1, -0.05) is 43.9 Å². The van der Waals surface area contributed by atoms with Crippen LogP contribution in [0.25, 0.3) is 0 Å². The van der Waals surface area contributed by atoms with Crippen LogP contribution in [0.15, 0.2) is 24.3 Å². The van der Waals surface area contributed by atoms with Crippen molar-refractivity contribution in [2.24, 2.45) is 16.7 Å². The first kappa shape index (κ1) is 18.9. The molecule has 2 heteroatoms. The number of hydrogen-bond donors (Lipinski definition) is 0. The monoisotopic (exact) mass is 303 g/mol. The molecule has 0 aromatic rings. The molecule has 0 spiro atoms. The van der Waals surface area contributed by atoms with Gasteiger partial charge >= 0.3 is 0 Å². The number of aldehydes is 1. The molecule has 0 bridgehead atoms. The topological polar surface area (TPSA) is 34.1 Å². The van der Waals surface area contributed by atoms with Gasteiger partial charge in [0, 0.05) is 6.42 Å². The summed E-state index contributed by atoms with van der Waals surface area (Å²) in [5.41, 5.74) is 0.177. The molecule has 1 rings (SSSR count). The Morgan fingerprint density at radius 1 is 1.27 bits per heavy atom. The van der Waals surface area contributed by atoms with Crippen LogP contribution in [-0.4, -0.2) is 12.6 Å². The number of carbonyl (C=O) groups is 1. The van der Waals surface area contributed by atoms with Gasteiger partial charge in [-0.3, -0.25) is 4.79 Å². The van der Waals surface area contributed by atoms with Crippen LogP contribution < -0.4 is 0 Å². The van der Waals surface area contributed by atoms with Crippen LogP contribution in [0.3, 0.4) is 0 Å². The summed E-state index contributed by atoms with van der Waals surface area (Å²) in [6.07, 6.45) is 14.9. The molecule has 1 fully saturated rings. The Morgan fingerprint density at radius 2 is 1.91 bits per heavy atom. The maximum atomic E-state index is 12.1. The summed E-state index contributed by atoms with van der Waals surface area (Å²) < 4.78 is 0. The zero-order valence-electron chi connectivity index (χ0n) is 14.5. The van der Waals surface area contributed by atoms with E-state index in [9.17, 15) is 9.59 Å². The van der Waals surface area contributed by atoms with Crippen molar-refractivity contribution in [1.82, 2.24) is 0 Å². The molecule has 0 aromatic carbocycles. The lowest BCUT2D eigenvalue weighted by molar-refractivity contribution is -0.111. The Labute approximate surface area is 136 Å². The summed E-state index contributed by atoms with van der Waals surface area (Å²) in [5.74, 6) is 0.249. The van der Waals surface area contributed by atoms with Crippen molar-refractivity contribution in [2.45, 2.75) is 72.1 Å². The van der Waals surface area contributed by atoms with Crippen LogP contribution in [0, 0.1) is 16.7 Å². The molecule has 1 aliphatic carbocycles. The lowest BCUT2D eigenvalue weighted by Crippen LogP contribution is -2.47. The van der Waals surface area contributed by atoms with Crippen molar-refractivity contribution < 1.29 is 9.59 Å². The Morgan fingerprint density at radius 3 is 2.36 bits per heavy atom. The van der Waals surface area contributed by atoms with Crippen LogP contribution in [-0.2, 0) is 9.59 Å². The third kappa shape index (κ3) is 3.97. The first-order valence-corrected chi connectivity index (χ1v) is 8.55. The predicted molar refractivity (Wildman–Crippen MR) is 92.4 cm³/mol. The van der Waals surface area contributed by atoms with Crippen LogP contribution in [0.2, 0.25) is 0 Å². The fraction of sp³-hybridized carbons (Fsp3) is 0.700. The first-order chi connectivity index (χ1) is 10.5. The van der Waals surface area contributed by atoms with Crippen molar-refractivity contribution >= 4 is 12.6 Å². The summed E-state index contributed by atoms with van der Waals surface area (Å²) in [4.78, 5) is 23.4. The minimum atomic E-state index is -0.716. The molecule has 0 saturated heterocycles. The van der Waals surface area contributed by atoms with E-state index in [0.29, 0.717) is 0 Å². The van der Waals surface area contributed by atoms with Crippen molar-refractivity contribution in [1.29, 1.82) is 0 Å². The molecule has 1 radical (unpaired) electrons. The summed E-state index contributed by atoms with van der Waals surface area (Å²) >= 11 is 0. The van der Waals surface area contributed by atoms with E-state index >= 15 is 0 Å². The van der Waals surface area contributed by atoms with E-state index in [1.807, 2.05) is 6.08 Å². The molecule has 2 atom stereocenters. The molecule has 0 N–H and O–H groups in total. The summed E-state index contributed by atoms with van der Waals surface area (Å²) in [6, 6.07) is 0. The van der Waals surface area contributed by atoms with E-state index in [1.165, 1.54) is 12.0 Å². The van der Waals surface area contributed by atoms with Gasteiger partial charge in [-0.05, 0) is 50.9 Å². The van der Waals surface area contributed by atoms with E-state index < -0.39 is 5.41 Å². The molecule has 0 amide bonds. The Kier molecular flexibility index (Phi) is 7.25. The molecule has 0 aromatic heterocycles. The largest absolute Gasteiger partial charge is 0.303 e. The fourth-order valence-corrected chi connectivity index (χ4v) is 4.00. The average Bonchev–Trinajstić information content (AvgIpc) is 2.52. The van der Waals surface area contributed by atoms with Crippen LogP contribution in [0.5, 0.6) is 0 Å². The van der Waals surface area contributed by atoms with Gasteiger partial charge in [0.05, 0.1) is 5.41 Å². The Bertz CT molecular complexity index is 413. The van der Waals surface area contributed by atoms with E-state index in [4.69, 9.17) is 0 Å². The molecule has 1 aliphatic rings. The van der Waals surface area contributed by atoms with Gasteiger partial charge in [0.1, 0.15) is 6.29 Å². The second-order valence-electron chi connectivity index (χ2n) is 7.22. The van der Waals surface area contributed by atoms with Gasteiger partial charge in [0.25, 0.3) is 0 Å². The molecule has 0 heterocycles. The Balaban J connectivity index is 3.13. The second kappa shape index (κ2) is 8.45. The molecule has 2 nitrogen and oxygen atoms in total. The molecular weight excluding hydrogens is 272 g/mol. The highest BCUT2D eigenvalue weighted by Gasteiger charge is 2.51. The van der Waals surface area contributed by atoms with Gasteiger partial charge < -0.3 is 4.79 Å². The first-order valence-electron chi connectivity index (χ1n) is 8.55. The molecular formula is C20H31O2. The van der Waals surface area contributed by atoms with Gasteiger partial charge in [-0.25, -0.2) is 0 Å². The van der Waals surface area contributed by atoms with Crippen LogP contribution >= 0.6 is 0 Å². The third-order valence-corrected chi connectivity index (χ3v) is 5.58. The number of allylic oxidation sites excluding steroid dienone is 3. The maximum absolute atomic E-state index is 12.1. The highest BCUT2D eigenvalue weighted by molar-refractivity contribution is 5.69. The van der Waals surface area contributed by atoms with E-state index in [2.05, 4.69) is 39.7 Å². The normalized spacial score (nSPS) is 21.2. The van der Waals surface area contributed by atoms with E-state index in [-0.39, 0.29) is 17.8 Å². The van der Waals surface area contributed by atoms with Crippen LogP contribution in [0.1, 0.15) is 72.1 Å². The van der Waals surface area contributed by atoms with Crippen molar-refractivity contribution in [2.75, 3.05) is 0 Å². The summed E-state index contributed by atoms with van der Waals surface area (Å²) in [5, 5.41) is 0. The smallest absolute Gasteiger partial charge is 0.206 e. The molecule has 0 aliphatic heterocycles. The SMILES string of the molecule is C=CC(C)(CCC=C(C)C)C([C]=O)(CC=O)C1CCCCC1. The Hall–Kier alpha value is -1.18. The quantitative estimate of drug-likeness (QED) is 0.434. The maximum Gasteiger partial charge on any atom is 0.206 e. The molecule has 123 valence electrons.